The van der Waals surface area contributed by atoms with Crippen LogP contribution in [0, 0.1) is 6.92 Å². The van der Waals surface area contributed by atoms with Gasteiger partial charge in [0.1, 0.15) is 4.21 Å². The molecule has 0 saturated heterocycles. The maximum absolute atomic E-state index is 12.2. The Morgan fingerprint density at radius 3 is 2.45 bits per heavy atom. The van der Waals surface area contributed by atoms with Crippen LogP contribution in [0.2, 0.25) is 4.34 Å². The van der Waals surface area contributed by atoms with Gasteiger partial charge in [-0.2, -0.15) is 0 Å². The molecule has 0 unspecified atom stereocenters. The Morgan fingerprint density at radius 2 is 1.95 bits per heavy atom. The van der Waals surface area contributed by atoms with E-state index in [1.54, 1.807) is 13.0 Å². The van der Waals surface area contributed by atoms with Crippen LogP contribution in [0.5, 0.6) is 0 Å². The van der Waals surface area contributed by atoms with Crippen LogP contribution in [0.25, 0.3) is 0 Å². The van der Waals surface area contributed by atoms with Gasteiger partial charge in [0.05, 0.1) is 9.94 Å². The zero-order valence-electron chi connectivity index (χ0n) is 11.5. The van der Waals surface area contributed by atoms with E-state index in [0.717, 1.165) is 42.6 Å². The van der Waals surface area contributed by atoms with Crippen molar-refractivity contribution < 1.29 is 13.5 Å². The predicted molar refractivity (Wildman–Crippen MR) is 81.9 cm³/mol. The Hall–Kier alpha value is -0.140. The molecule has 1 aliphatic rings. The molecule has 1 aromatic rings. The highest BCUT2D eigenvalue weighted by Gasteiger charge is 2.30. The molecular formula is C13H20ClNO3S2. The monoisotopic (exact) mass is 337 g/mol. The van der Waals surface area contributed by atoms with E-state index in [9.17, 15) is 13.5 Å². The standard InChI is InChI=1S/C13H20ClNO3S2/c1-10-8-11(19-12(10)14)20(17,18)15-9-13(16)6-4-2-3-5-7-13/h8,15-16H,2-7,9H2,1H3. The number of rotatable bonds is 4. The number of thiophene rings is 1. The predicted octanol–water partition coefficient (Wildman–Crippen LogP) is 3.07. The van der Waals surface area contributed by atoms with Gasteiger partial charge in [-0.15, -0.1) is 11.3 Å². The van der Waals surface area contributed by atoms with E-state index < -0.39 is 15.6 Å². The molecule has 7 heteroatoms. The summed E-state index contributed by atoms with van der Waals surface area (Å²) in [6, 6.07) is 1.56. The van der Waals surface area contributed by atoms with Gasteiger partial charge in [0, 0.05) is 6.54 Å². The van der Waals surface area contributed by atoms with Gasteiger partial charge >= 0.3 is 0 Å². The van der Waals surface area contributed by atoms with Crippen molar-refractivity contribution in [2.75, 3.05) is 6.54 Å². The van der Waals surface area contributed by atoms with Crippen LogP contribution in [0.1, 0.15) is 44.1 Å². The highest BCUT2D eigenvalue weighted by molar-refractivity contribution is 7.91. The van der Waals surface area contributed by atoms with E-state index in [1.165, 1.54) is 0 Å². The van der Waals surface area contributed by atoms with E-state index in [2.05, 4.69) is 4.72 Å². The van der Waals surface area contributed by atoms with Gasteiger partial charge in [-0.1, -0.05) is 37.3 Å². The third-order valence-corrected chi connectivity index (χ3v) is 7.15. The second kappa shape index (κ2) is 6.32. The SMILES string of the molecule is Cc1cc(S(=O)(=O)NCC2(O)CCCCCC2)sc1Cl. The zero-order chi connectivity index (χ0) is 14.8. The topological polar surface area (TPSA) is 66.4 Å². The van der Waals surface area contributed by atoms with E-state index in [-0.39, 0.29) is 10.8 Å². The lowest BCUT2D eigenvalue weighted by Gasteiger charge is -2.26. The third-order valence-electron chi connectivity index (χ3n) is 3.72. The van der Waals surface area contributed by atoms with Crippen LogP contribution in [-0.2, 0) is 10.0 Å². The average molecular weight is 338 g/mol. The van der Waals surface area contributed by atoms with Crippen molar-refractivity contribution in [2.45, 2.75) is 55.3 Å². The maximum Gasteiger partial charge on any atom is 0.250 e. The Morgan fingerprint density at radius 1 is 1.35 bits per heavy atom. The number of hydrogen-bond donors (Lipinski definition) is 2. The fourth-order valence-electron chi connectivity index (χ4n) is 2.43. The summed E-state index contributed by atoms with van der Waals surface area (Å²) in [4.78, 5) is 0. The van der Waals surface area contributed by atoms with Crippen molar-refractivity contribution >= 4 is 33.0 Å². The van der Waals surface area contributed by atoms with Crippen LogP contribution in [0.4, 0.5) is 0 Å². The minimum atomic E-state index is -3.59. The molecule has 0 aromatic carbocycles. The quantitative estimate of drug-likeness (QED) is 0.830. The summed E-state index contributed by atoms with van der Waals surface area (Å²) in [5.41, 5.74) is -0.162. The number of hydrogen-bond acceptors (Lipinski definition) is 4. The van der Waals surface area contributed by atoms with Gasteiger partial charge in [0.15, 0.2) is 0 Å². The first-order valence-corrected chi connectivity index (χ1v) is 9.48. The van der Waals surface area contributed by atoms with Gasteiger partial charge in [0.25, 0.3) is 0 Å². The fourth-order valence-corrected chi connectivity index (χ4v) is 5.30. The molecule has 0 aliphatic heterocycles. The van der Waals surface area contributed by atoms with Crippen LogP contribution in [0.3, 0.4) is 0 Å². The summed E-state index contributed by atoms with van der Waals surface area (Å²) in [6.45, 7) is 1.85. The third kappa shape index (κ3) is 3.95. The van der Waals surface area contributed by atoms with Crippen LogP contribution in [-0.4, -0.2) is 25.7 Å². The summed E-state index contributed by atoms with van der Waals surface area (Å²) < 4.78 is 27.6. The molecule has 0 bridgehead atoms. The molecule has 114 valence electrons. The van der Waals surface area contributed by atoms with Crippen molar-refractivity contribution in [3.8, 4) is 0 Å². The van der Waals surface area contributed by atoms with Crippen molar-refractivity contribution in [2.24, 2.45) is 0 Å². The van der Waals surface area contributed by atoms with Gasteiger partial charge in [-0.25, -0.2) is 13.1 Å². The second-order valence-electron chi connectivity index (χ2n) is 5.49. The smallest absolute Gasteiger partial charge is 0.250 e. The Kier molecular flexibility index (Phi) is 5.13. The Balaban J connectivity index is 2.05. The zero-order valence-corrected chi connectivity index (χ0v) is 13.9. The first-order chi connectivity index (χ1) is 9.32. The lowest BCUT2D eigenvalue weighted by Crippen LogP contribution is -2.42. The molecule has 20 heavy (non-hydrogen) atoms. The molecule has 0 amide bonds. The Labute approximate surface area is 129 Å². The number of halogens is 1. The van der Waals surface area contributed by atoms with E-state index >= 15 is 0 Å². The fraction of sp³-hybridized carbons (Fsp3) is 0.692. The highest BCUT2D eigenvalue weighted by Crippen LogP contribution is 2.31. The molecule has 1 aromatic heterocycles. The summed E-state index contributed by atoms with van der Waals surface area (Å²) in [5, 5.41) is 10.5. The first-order valence-electron chi connectivity index (χ1n) is 6.80. The van der Waals surface area contributed by atoms with Gasteiger partial charge in [-0.3, -0.25) is 0 Å². The maximum atomic E-state index is 12.2. The van der Waals surface area contributed by atoms with Gasteiger partial charge in [-0.05, 0) is 31.4 Å². The molecule has 0 spiro atoms. The molecule has 0 radical (unpaired) electrons. The molecule has 1 heterocycles. The molecule has 2 N–H and O–H groups in total. The number of aliphatic hydroxyl groups is 1. The van der Waals surface area contributed by atoms with Crippen molar-refractivity contribution in [3.63, 3.8) is 0 Å². The average Bonchev–Trinajstić information content (AvgIpc) is 2.61. The molecule has 2 rings (SSSR count). The van der Waals surface area contributed by atoms with Crippen molar-refractivity contribution in [1.29, 1.82) is 0 Å². The summed E-state index contributed by atoms with van der Waals surface area (Å²) in [5.74, 6) is 0. The van der Waals surface area contributed by atoms with Crippen LogP contribution < -0.4 is 4.72 Å². The minimum Gasteiger partial charge on any atom is -0.389 e. The second-order valence-corrected chi connectivity index (χ2v) is 9.13. The highest BCUT2D eigenvalue weighted by atomic mass is 35.5. The Bertz CT molecular complexity index is 541. The first kappa shape index (κ1) is 16.2. The molecule has 1 fully saturated rings. The van der Waals surface area contributed by atoms with Gasteiger partial charge < -0.3 is 5.11 Å². The number of sulfonamides is 1. The van der Waals surface area contributed by atoms with E-state index in [0.29, 0.717) is 17.2 Å². The molecule has 1 saturated carbocycles. The summed E-state index contributed by atoms with van der Waals surface area (Å²) >= 11 is 6.95. The summed E-state index contributed by atoms with van der Waals surface area (Å²) in [6.07, 6.45) is 5.41. The molecule has 1 aliphatic carbocycles. The number of aryl methyl sites for hydroxylation is 1. The molecule has 0 atom stereocenters. The van der Waals surface area contributed by atoms with Crippen LogP contribution >= 0.6 is 22.9 Å². The van der Waals surface area contributed by atoms with Crippen molar-refractivity contribution in [1.82, 2.24) is 4.72 Å². The lowest BCUT2D eigenvalue weighted by molar-refractivity contribution is 0.0303. The van der Waals surface area contributed by atoms with E-state index in [4.69, 9.17) is 11.6 Å². The molecule has 4 nitrogen and oxygen atoms in total. The minimum absolute atomic E-state index is 0.0733. The van der Waals surface area contributed by atoms with Crippen LogP contribution in [0.15, 0.2) is 10.3 Å². The summed E-state index contributed by atoms with van der Waals surface area (Å²) in [7, 11) is -3.59. The lowest BCUT2D eigenvalue weighted by atomic mass is 9.95. The largest absolute Gasteiger partial charge is 0.389 e. The van der Waals surface area contributed by atoms with E-state index in [1.807, 2.05) is 0 Å². The van der Waals surface area contributed by atoms with Gasteiger partial charge in [0.2, 0.25) is 10.0 Å². The normalized spacial score (nSPS) is 19.8. The number of nitrogens with one attached hydrogen (secondary N) is 1. The van der Waals surface area contributed by atoms with Crippen molar-refractivity contribution in [3.05, 3.63) is 16.0 Å². The molecular weight excluding hydrogens is 318 g/mol.